The van der Waals surface area contributed by atoms with Gasteiger partial charge in [0.2, 0.25) is 5.95 Å². The molecule has 3 N–H and O–H groups in total. The lowest BCUT2D eigenvalue weighted by Gasteiger charge is -2.35. The quantitative estimate of drug-likeness (QED) is 0.825. The fourth-order valence-electron chi connectivity index (χ4n) is 4.42. The number of H-pyrrole nitrogens is 1. The molecule has 0 aromatic carbocycles. The molecule has 0 unspecified atom stereocenters. The zero-order valence-corrected chi connectivity index (χ0v) is 15.5. The standard InChI is InChI=1S/C18H24N6O3/c1-10-5-14(22-27-10)17(26)23(2)13-6-11-3-4-24(9-12(11)7-13)15-8-16(25)21-18(19)20-15/h5,8,11-13H,3-4,6-7,9H2,1-2H3,(H3,19,20,21,25)/t11-,12-,13+/m1/s1. The van der Waals surface area contributed by atoms with Crippen LogP contribution in [0.3, 0.4) is 0 Å². The number of nitrogens with two attached hydrogens (primary N) is 1. The van der Waals surface area contributed by atoms with Gasteiger partial charge in [0.1, 0.15) is 11.6 Å². The minimum absolute atomic E-state index is 0.101. The van der Waals surface area contributed by atoms with Gasteiger partial charge < -0.3 is 20.1 Å². The second-order valence-electron chi connectivity index (χ2n) is 7.61. The number of nitrogen functional groups attached to an aromatic ring is 1. The first-order valence-electron chi connectivity index (χ1n) is 9.23. The van der Waals surface area contributed by atoms with E-state index in [-0.39, 0.29) is 23.5 Å². The Hall–Kier alpha value is -2.84. The zero-order valence-electron chi connectivity index (χ0n) is 15.5. The number of nitrogens with one attached hydrogen (secondary N) is 1. The van der Waals surface area contributed by atoms with Gasteiger partial charge in [0.15, 0.2) is 5.69 Å². The van der Waals surface area contributed by atoms with Crippen LogP contribution in [0.4, 0.5) is 11.8 Å². The van der Waals surface area contributed by atoms with Crippen molar-refractivity contribution in [1.82, 2.24) is 20.0 Å². The van der Waals surface area contributed by atoms with Crippen LogP contribution >= 0.6 is 0 Å². The van der Waals surface area contributed by atoms with Crippen LogP contribution in [0.2, 0.25) is 0 Å². The van der Waals surface area contributed by atoms with Crippen molar-refractivity contribution in [3.05, 3.63) is 33.9 Å². The normalized spacial score (nSPS) is 24.7. The van der Waals surface area contributed by atoms with Crippen molar-refractivity contribution in [3.63, 3.8) is 0 Å². The van der Waals surface area contributed by atoms with Crippen LogP contribution in [0, 0.1) is 18.8 Å². The number of rotatable bonds is 3. The van der Waals surface area contributed by atoms with Gasteiger partial charge in [-0.15, -0.1) is 0 Å². The molecule has 9 heteroatoms. The Labute approximate surface area is 156 Å². The van der Waals surface area contributed by atoms with Gasteiger partial charge in [-0.1, -0.05) is 5.16 Å². The Morgan fingerprint density at radius 1 is 1.37 bits per heavy atom. The SMILES string of the molecule is Cc1cc(C(=O)N(C)[C@H]2C[C@H]3CCN(c4cc(=O)[nH]c(N)n4)C[C@H]3C2)no1. The molecule has 2 aromatic heterocycles. The van der Waals surface area contributed by atoms with E-state index >= 15 is 0 Å². The number of amides is 1. The molecule has 0 spiro atoms. The van der Waals surface area contributed by atoms with Gasteiger partial charge in [0, 0.05) is 38.3 Å². The van der Waals surface area contributed by atoms with Gasteiger partial charge in [-0.25, -0.2) is 0 Å². The summed E-state index contributed by atoms with van der Waals surface area (Å²) in [6.07, 6.45) is 2.93. The van der Waals surface area contributed by atoms with Crippen molar-refractivity contribution in [3.8, 4) is 0 Å². The molecule has 1 aliphatic carbocycles. The van der Waals surface area contributed by atoms with Crippen LogP contribution in [0.5, 0.6) is 0 Å². The van der Waals surface area contributed by atoms with Crippen molar-refractivity contribution in [1.29, 1.82) is 0 Å². The van der Waals surface area contributed by atoms with Crippen LogP contribution in [0.25, 0.3) is 0 Å². The van der Waals surface area contributed by atoms with Gasteiger partial charge in [0.05, 0.1) is 0 Å². The van der Waals surface area contributed by atoms with Crippen molar-refractivity contribution < 1.29 is 9.32 Å². The number of carbonyl (C=O) groups excluding carboxylic acids is 1. The highest BCUT2D eigenvalue weighted by molar-refractivity contribution is 5.92. The molecule has 27 heavy (non-hydrogen) atoms. The zero-order chi connectivity index (χ0) is 19.1. The fourth-order valence-corrected chi connectivity index (χ4v) is 4.42. The predicted octanol–water partition coefficient (Wildman–Crippen LogP) is 1.03. The van der Waals surface area contributed by atoms with E-state index in [1.807, 2.05) is 7.05 Å². The summed E-state index contributed by atoms with van der Waals surface area (Å²) in [5, 5.41) is 3.84. The molecule has 2 aromatic rings. The van der Waals surface area contributed by atoms with Crippen LogP contribution in [0.1, 0.15) is 35.5 Å². The predicted molar refractivity (Wildman–Crippen MR) is 99.4 cm³/mol. The number of hydrogen-bond acceptors (Lipinski definition) is 7. The Morgan fingerprint density at radius 3 is 2.85 bits per heavy atom. The summed E-state index contributed by atoms with van der Waals surface area (Å²) in [5.74, 6) is 2.32. The summed E-state index contributed by atoms with van der Waals surface area (Å²) >= 11 is 0. The van der Waals surface area contributed by atoms with Gasteiger partial charge in [-0.05, 0) is 38.0 Å². The minimum Gasteiger partial charge on any atom is -0.369 e. The van der Waals surface area contributed by atoms with E-state index in [9.17, 15) is 9.59 Å². The van der Waals surface area contributed by atoms with E-state index in [0.29, 0.717) is 29.1 Å². The number of aryl methyl sites for hydroxylation is 1. The summed E-state index contributed by atoms with van der Waals surface area (Å²) in [6.45, 7) is 3.43. The van der Waals surface area contributed by atoms with Crippen molar-refractivity contribution in [2.45, 2.75) is 32.2 Å². The van der Waals surface area contributed by atoms with Crippen molar-refractivity contribution >= 4 is 17.7 Å². The first-order valence-corrected chi connectivity index (χ1v) is 9.23. The molecule has 1 aliphatic heterocycles. The summed E-state index contributed by atoms with van der Waals surface area (Å²) in [7, 11) is 1.84. The molecule has 1 saturated carbocycles. The molecule has 1 saturated heterocycles. The topological polar surface area (TPSA) is 121 Å². The van der Waals surface area contributed by atoms with Gasteiger partial charge in [-0.2, -0.15) is 4.98 Å². The third-order valence-electron chi connectivity index (χ3n) is 5.83. The van der Waals surface area contributed by atoms with E-state index in [0.717, 1.165) is 32.4 Å². The third kappa shape index (κ3) is 3.41. The fraction of sp³-hybridized carbons (Fsp3) is 0.556. The number of aromatic nitrogens is 3. The smallest absolute Gasteiger partial charge is 0.276 e. The number of aromatic amines is 1. The molecule has 144 valence electrons. The lowest BCUT2D eigenvalue weighted by atomic mass is 9.89. The first-order chi connectivity index (χ1) is 12.9. The van der Waals surface area contributed by atoms with E-state index in [1.54, 1.807) is 17.9 Å². The second kappa shape index (κ2) is 6.71. The first kappa shape index (κ1) is 17.6. The third-order valence-corrected chi connectivity index (χ3v) is 5.83. The van der Waals surface area contributed by atoms with Gasteiger partial charge >= 0.3 is 0 Å². The molecule has 9 nitrogen and oxygen atoms in total. The van der Waals surface area contributed by atoms with E-state index in [2.05, 4.69) is 20.0 Å². The molecule has 3 atom stereocenters. The summed E-state index contributed by atoms with van der Waals surface area (Å²) in [5.41, 5.74) is 5.79. The number of piperidine rings is 1. The molecular weight excluding hydrogens is 348 g/mol. The maximum atomic E-state index is 12.6. The molecule has 0 bridgehead atoms. The number of anilines is 2. The number of carbonyl (C=O) groups is 1. The van der Waals surface area contributed by atoms with Crippen LogP contribution in [0.15, 0.2) is 21.5 Å². The van der Waals surface area contributed by atoms with Gasteiger partial charge in [-0.3, -0.25) is 14.6 Å². The summed E-state index contributed by atoms with van der Waals surface area (Å²) < 4.78 is 5.03. The van der Waals surface area contributed by atoms with E-state index < -0.39 is 0 Å². The second-order valence-corrected chi connectivity index (χ2v) is 7.61. The lowest BCUT2D eigenvalue weighted by Crippen LogP contribution is -2.39. The lowest BCUT2D eigenvalue weighted by molar-refractivity contribution is 0.0720. The largest absolute Gasteiger partial charge is 0.369 e. The molecular formula is C18H24N6O3. The Morgan fingerprint density at radius 2 is 2.15 bits per heavy atom. The molecule has 2 aliphatic rings. The van der Waals surface area contributed by atoms with Gasteiger partial charge in [0.25, 0.3) is 11.5 Å². The highest BCUT2D eigenvalue weighted by atomic mass is 16.5. The maximum Gasteiger partial charge on any atom is 0.276 e. The van der Waals surface area contributed by atoms with Crippen molar-refractivity contribution in [2.75, 3.05) is 30.8 Å². The molecule has 1 amide bonds. The molecule has 0 radical (unpaired) electrons. The maximum absolute atomic E-state index is 12.6. The van der Waals surface area contributed by atoms with Crippen LogP contribution < -0.4 is 16.2 Å². The highest BCUT2D eigenvalue weighted by Gasteiger charge is 2.41. The Bertz CT molecular complexity index is 906. The van der Waals surface area contributed by atoms with Crippen molar-refractivity contribution in [2.24, 2.45) is 11.8 Å². The summed E-state index contributed by atoms with van der Waals surface area (Å²) in [6, 6.07) is 3.35. The number of fused-ring (bicyclic) bond motifs is 1. The molecule has 4 rings (SSSR count). The van der Waals surface area contributed by atoms with E-state index in [1.165, 1.54) is 6.07 Å². The minimum atomic E-state index is -0.239. The summed E-state index contributed by atoms with van der Waals surface area (Å²) in [4.78, 5) is 35.0. The van der Waals surface area contributed by atoms with E-state index in [4.69, 9.17) is 10.3 Å². The molecule has 2 fully saturated rings. The average Bonchev–Trinajstić information content (AvgIpc) is 3.25. The number of hydrogen-bond donors (Lipinski definition) is 2. The highest BCUT2D eigenvalue weighted by Crippen LogP contribution is 2.40. The number of nitrogens with zero attached hydrogens (tertiary/aromatic N) is 4. The Balaban J connectivity index is 1.44. The Kier molecular flexibility index (Phi) is 4.37. The van der Waals surface area contributed by atoms with Crippen LogP contribution in [-0.4, -0.2) is 52.1 Å². The van der Waals surface area contributed by atoms with Crippen LogP contribution in [-0.2, 0) is 0 Å². The molecule has 3 heterocycles. The monoisotopic (exact) mass is 372 g/mol. The average molecular weight is 372 g/mol.